The third kappa shape index (κ3) is 5.91. The van der Waals surface area contributed by atoms with Crippen LogP contribution in [0, 0.1) is 11.7 Å². The van der Waals surface area contributed by atoms with Gasteiger partial charge in [-0.2, -0.15) is 0 Å². The van der Waals surface area contributed by atoms with Gasteiger partial charge in [-0.1, -0.05) is 26.0 Å². The molecule has 4 N–H and O–H groups in total. The van der Waals surface area contributed by atoms with Crippen LogP contribution in [0.2, 0.25) is 0 Å². The molecular weight excluding hydrogens is 275 g/mol. The summed E-state index contributed by atoms with van der Waals surface area (Å²) in [7, 11) is 0. The zero-order chi connectivity index (χ0) is 16.0. The maximum Gasteiger partial charge on any atom is 0.326 e. The van der Waals surface area contributed by atoms with Crippen LogP contribution in [0.25, 0.3) is 0 Å². The van der Waals surface area contributed by atoms with Gasteiger partial charge in [-0.05, 0) is 30.0 Å². The number of amides is 1. The Labute approximate surface area is 123 Å². The van der Waals surface area contributed by atoms with E-state index in [4.69, 9.17) is 10.8 Å². The van der Waals surface area contributed by atoms with Gasteiger partial charge in [-0.25, -0.2) is 9.18 Å². The first-order valence-electron chi connectivity index (χ1n) is 6.82. The van der Waals surface area contributed by atoms with E-state index in [1.54, 1.807) is 6.07 Å². The average Bonchev–Trinajstić information content (AvgIpc) is 2.36. The molecule has 1 aromatic carbocycles. The smallest absolute Gasteiger partial charge is 0.326 e. The maximum atomic E-state index is 13.1. The molecule has 2 atom stereocenters. The van der Waals surface area contributed by atoms with Crippen LogP contribution in [0.15, 0.2) is 24.3 Å². The van der Waals surface area contributed by atoms with Crippen LogP contribution in [0.4, 0.5) is 4.39 Å². The predicted octanol–water partition coefficient (Wildman–Crippen LogP) is 1.31. The third-order valence-corrected chi connectivity index (χ3v) is 3.01. The summed E-state index contributed by atoms with van der Waals surface area (Å²) in [6.07, 6.45) is 0.478. The minimum atomic E-state index is -1.18. The number of benzene rings is 1. The number of hydrogen-bond acceptors (Lipinski definition) is 3. The van der Waals surface area contributed by atoms with Gasteiger partial charge in [0, 0.05) is 6.42 Å². The number of rotatable bonds is 7. The lowest BCUT2D eigenvalue weighted by atomic mass is 10.0. The van der Waals surface area contributed by atoms with Gasteiger partial charge in [-0.15, -0.1) is 0 Å². The van der Waals surface area contributed by atoms with Crippen LogP contribution < -0.4 is 11.1 Å². The van der Waals surface area contributed by atoms with Gasteiger partial charge in [0.25, 0.3) is 0 Å². The van der Waals surface area contributed by atoms with E-state index < -0.39 is 29.8 Å². The molecule has 0 aliphatic rings. The van der Waals surface area contributed by atoms with Gasteiger partial charge >= 0.3 is 5.97 Å². The van der Waals surface area contributed by atoms with Crippen molar-refractivity contribution in [3.63, 3.8) is 0 Å². The highest BCUT2D eigenvalue weighted by molar-refractivity contribution is 5.86. The number of carboxylic acid groups (broad SMARTS) is 1. The lowest BCUT2D eigenvalue weighted by Gasteiger charge is -2.19. The van der Waals surface area contributed by atoms with E-state index >= 15 is 0 Å². The molecule has 1 amide bonds. The minimum Gasteiger partial charge on any atom is -0.480 e. The van der Waals surface area contributed by atoms with E-state index in [0.29, 0.717) is 12.0 Å². The van der Waals surface area contributed by atoms with Crippen molar-refractivity contribution in [2.45, 2.75) is 38.8 Å². The molecule has 21 heavy (non-hydrogen) atoms. The predicted molar refractivity (Wildman–Crippen MR) is 77.1 cm³/mol. The summed E-state index contributed by atoms with van der Waals surface area (Å²) in [6.45, 7) is 3.85. The fourth-order valence-corrected chi connectivity index (χ4v) is 1.99. The van der Waals surface area contributed by atoms with Crippen LogP contribution >= 0.6 is 0 Å². The summed E-state index contributed by atoms with van der Waals surface area (Å²) in [5.41, 5.74) is 6.22. The first kappa shape index (κ1) is 17.1. The first-order chi connectivity index (χ1) is 9.79. The number of carbonyl (C=O) groups is 2. The second-order valence-electron chi connectivity index (χ2n) is 5.47. The van der Waals surface area contributed by atoms with Crippen LogP contribution in [-0.2, 0) is 16.0 Å². The summed E-state index contributed by atoms with van der Waals surface area (Å²) >= 11 is 0. The highest BCUT2D eigenvalue weighted by Crippen LogP contribution is 2.08. The third-order valence-electron chi connectivity index (χ3n) is 3.01. The molecule has 0 aliphatic heterocycles. The quantitative estimate of drug-likeness (QED) is 0.707. The van der Waals surface area contributed by atoms with Crippen molar-refractivity contribution in [1.29, 1.82) is 0 Å². The topological polar surface area (TPSA) is 92.4 Å². The van der Waals surface area contributed by atoms with Gasteiger partial charge in [0.15, 0.2) is 0 Å². The van der Waals surface area contributed by atoms with Crippen molar-refractivity contribution in [1.82, 2.24) is 5.32 Å². The molecule has 0 bridgehead atoms. The largest absolute Gasteiger partial charge is 0.480 e. The van der Waals surface area contributed by atoms with E-state index in [1.165, 1.54) is 18.2 Å². The summed E-state index contributed by atoms with van der Waals surface area (Å²) in [6, 6.07) is 3.75. The van der Waals surface area contributed by atoms with Crippen molar-refractivity contribution in [2.24, 2.45) is 11.7 Å². The van der Waals surface area contributed by atoms with E-state index in [-0.39, 0.29) is 12.3 Å². The molecule has 1 rings (SSSR count). The second-order valence-corrected chi connectivity index (χ2v) is 5.47. The Morgan fingerprint density at radius 1 is 1.38 bits per heavy atom. The first-order valence-corrected chi connectivity index (χ1v) is 6.82. The maximum absolute atomic E-state index is 13.1. The highest BCUT2D eigenvalue weighted by atomic mass is 19.1. The molecule has 0 fully saturated rings. The van der Waals surface area contributed by atoms with Crippen LogP contribution in [0.5, 0.6) is 0 Å². The molecule has 6 heteroatoms. The Morgan fingerprint density at radius 2 is 2.05 bits per heavy atom. The second kappa shape index (κ2) is 7.73. The molecule has 1 unspecified atom stereocenters. The zero-order valence-corrected chi connectivity index (χ0v) is 12.2. The highest BCUT2D eigenvalue weighted by Gasteiger charge is 2.24. The van der Waals surface area contributed by atoms with Crippen molar-refractivity contribution in [3.05, 3.63) is 35.6 Å². The van der Waals surface area contributed by atoms with Crippen molar-refractivity contribution >= 4 is 11.9 Å². The Hall–Kier alpha value is -1.95. The Balaban J connectivity index is 2.70. The molecule has 0 saturated heterocycles. The van der Waals surface area contributed by atoms with Crippen LogP contribution in [0.3, 0.4) is 0 Å². The molecular formula is C15H21FN2O3. The number of halogens is 1. The number of nitrogens with one attached hydrogen (secondary N) is 1. The Bertz CT molecular complexity index is 505. The van der Waals surface area contributed by atoms with Gasteiger partial charge in [0.05, 0.1) is 6.04 Å². The minimum absolute atomic E-state index is 0.00717. The number of carbonyl (C=O) groups excluding carboxylic acids is 1. The van der Waals surface area contributed by atoms with E-state index in [9.17, 15) is 14.0 Å². The number of nitrogens with two attached hydrogens (primary N) is 1. The number of carboxylic acids is 1. The normalized spacial score (nSPS) is 13.8. The molecule has 116 valence electrons. The monoisotopic (exact) mass is 296 g/mol. The molecule has 0 heterocycles. The molecule has 0 radical (unpaired) electrons. The molecule has 0 aromatic heterocycles. The summed E-state index contributed by atoms with van der Waals surface area (Å²) in [4.78, 5) is 23.1. The molecule has 5 nitrogen and oxygen atoms in total. The fourth-order valence-electron chi connectivity index (χ4n) is 1.99. The molecule has 0 spiro atoms. The van der Waals surface area contributed by atoms with Crippen molar-refractivity contribution in [3.8, 4) is 0 Å². The number of hydrogen-bond donors (Lipinski definition) is 3. The summed E-state index contributed by atoms with van der Waals surface area (Å²) in [5, 5.41) is 11.6. The molecule has 1 aromatic rings. The van der Waals surface area contributed by atoms with Crippen molar-refractivity contribution in [2.75, 3.05) is 0 Å². The van der Waals surface area contributed by atoms with Gasteiger partial charge in [0.2, 0.25) is 5.91 Å². The van der Waals surface area contributed by atoms with E-state index in [1.807, 2.05) is 13.8 Å². The zero-order valence-electron chi connectivity index (χ0n) is 12.2. The Kier molecular flexibility index (Phi) is 6.30. The van der Waals surface area contributed by atoms with Crippen LogP contribution in [-0.4, -0.2) is 29.1 Å². The number of aliphatic carboxylic acids is 1. The van der Waals surface area contributed by atoms with Crippen molar-refractivity contribution < 1.29 is 19.1 Å². The van der Waals surface area contributed by atoms with Gasteiger partial charge in [-0.3, -0.25) is 4.79 Å². The summed E-state index contributed by atoms with van der Waals surface area (Å²) < 4.78 is 13.1. The standard InChI is InChI=1S/C15H21FN2O3/c1-9(2)6-12(17)14(19)18-13(15(20)21)8-10-4-3-5-11(16)7-10/h3-5,7,9,12-13H,6,8,17H2,1-2H3,(H,18,19)(H,20,21)/t12?,13-/m0/s1. The SMILES string of the molecule is CC(C)CC(N)C(=O)N[C@@H](Cc1cccc(F)c1)C(=O)O. The van der Waals surface area contributed by atoms with Gasteiger partial charge in [0.1, 0.15) is 11.9 Å². The lowest BCUT2D eigenvalue weighted by molar-refractivity contribution is -0.142. The fraction of sp³-hybridized carbons (Fsp3) is 0.467. The van der Waals surface area contributed by atoms with E-state index in [2.05, 4.69) is 5.32 Å². The average molecular weight is 296 g/mol. The van der Waals surface area contributed by atoms with E-state index in [0.717, 1.165) is 0 Å². The van der Waals surface area contributed by atoms with Gasteiger partial charge < -0.3 is 16.2 Å². The molecule has 0 aliphatic carbocycles. The lowest BCUT2D eigenvalue weighted by Crippen LogP contribution is -2.49. The molecule has 0 saturated carbocycles. The van der Waals surface area contributed by atoms with Crippen LogP contribution in [0.1, 0.15) is 25.8 Å². The summed E-state index contributed by atoms with van der Waals surface area (Å²) in [5.74, 6) is -1.89. The Morgan fingerprint density at radius 3 is 2.57 bits per heavy atom.